The lowest BCUT2D eigenvalue weighted by Gasteiger charge is -2.28. The van der Waals surface area contributed by atoms with Crippen molar-refractivity contribution in [1.29, 1.82) is 0 Å². The monoisotopic (exact) mass is 242 g/mol. The maximum Gasteiger partial charge on any atom is 0.317 e. The molecule has 0 unspecified atom stereocenters. The minimum atomic E-state index is -0.168. The van der Waals surface area contributed by atoms with Crippen molar-refractivity contribution in [3.05, 3.63) is 0 Å². The van der Waals surface area contributed by atoms with Crippen molar-refractivity contribution in [1.82, 2.24) is 20.4 Å². The van der Waals surface area contributed by atoms with Gasteiger partial charge in [0.05, 0.1) is 6.54 Å². The Hall–Kier alpha value is -1.30. The molecule has 0 bridgehead atoms. The molecule has 0 aliphatic carbocycles. The van der Waals surface area contributed by atoms with Crippen LogP contribution in [0.5, 0.6) is 0 Å². The summed E-state index contributed by atoms with van der Waals surface area (Å²) in [5.74, 6) is -0.00740. The topological polar surface area (TPSA) is 64.7 Å². The van der Waals surface area contributed by atoms with Crippen LogP contribution in [-0.4, -0.2) is 67.6 Å². The number of amides is 3. The van der Waals surface area contributed by atoms with Crippen molar-refractivity contribution in [3.8, 4) is 0 Å². The third kappa shape index (κ3) is 4.22. The Balaban J connectivity index is 2.29. The molecule has 1 fully saturated rings. The first-order valence-corrected chi connectivity index (χ1v) is 6.20. The minimum absolute atomic E-state index is 0.00740. The van der Waals surface area contributed by atoms with E-state index in [9.17, 15) is 9.59 Å². The molecule has 2 N–H and O–H groups in total. The van der Waals surface area contributed by atoms with Crippen molar-refractivity contribution in [2.75, 3.05) is 45.8 Å². The standard InChI is InChI=1S/C11H22N4O2/c1-3-14(4-2)11(17)13-9-10(16)15-7-5-12-6-8-15/h12H,3-9H2,1-2H3,(H,13,17). The summed E-state index contributed by atoms with van der Waals surface area (Å²) in [5, 5.41) is 5.84. The minimum Gasteiger partial charge on any atom is -0.339 e. The van der Waals surface area contributed by atoms with Gasteiger partial charge >= 0.3 is 6.03 Å². The van der Waals surface area contributed by atoms with E-state index in [1.165, 1.54) is 0 Å². The van der Waals surface area contributed by atoms with Gasteiger partial charge in [-0.1, -0.05) is 0 Å². The molecule has 6 heteroatoms. The fourth-order valence-electron chi connectivity index (χ4n) is 1.80. The van der Waals surface area contributed by atoms with Crippen molar-refractivity contribution in [2.45, 2.75) is 13.8 Å². The van der Waals surface area contributed by atoms with Crippen LogP contribution in [0.25, 0.3) is 0 Å². The van der Waals surface area contributed by atoms with Gasteiger partial charge in [0.2, 0.25) is 5.91 Å². The number of nitrogens with one attached hydrogen (secondary N) is 2. The number of nitrogens with zero attached hydrogens (tertiary/aromatic N) is 2. The van der Waals surface area contributed by atoms with Crippen LogP contribution in [0.3, 0.4) is 0 Å². The number of rotatable bonds is 4. The van der Waals surface area contributed by atoms with Gasteiger partial charge in [-0.25, -0.2) is 4.79 Å². The fourth-order valence-corrected chi connectivity index (χ4v) is 1.80. The molecular weight excluding hydrogens is 220 g/mol. The van der Waals surface area contributed by atoms with Gasteiger partial charge in [0, 0.05) is 39.3 Å². The van der Waals surface area contributed by atoms with E-state index in [4.69, 9.17) is 0 Å². The van der Waals surface area contributed by atoms with Crippen molar-refractivity contribution < 1.29 is 9.59 Å². The van der Waals surface area contributed by atoms with E-state index < -0.39 is 0 Å². The second-order valence-electron chi connectivity index (χ2n) is 3.96. The maximum atomic E-state index is 11.8. The number of carbonyl (C=O) groups is 2. The SMILES string of the molecule is CCN(CC)C(=O)NCC(=O)N1CCNCC1. The Morgan fingerprint density at radius 3 is 2.35 bits per heavy atom. The summed E-state index contributed by atoms with van der Waals surface area (Å²) in [7, 11) is 0. The zero-order valence-electron chi connectivity index (χ0n) is 10.7. The molecule has 0 radical (unpaired) electrons. The molecule has 98 valence electrons. The Morgan fingerprint density at radius 2 is 1.82 bits per heavy atom. The lowest BCUT2D eigenvalue weighted by atomic mass is 10.3. The average Bonchev–Trinajstić information content (AvgIpc) is 2.38. The van der Waals surface area contributed by atoms with Gasteiger partial charge in [-0.3, -0.25) is 4.79 Å². The zero-order valence-corrected chi connectivity index (χ0v) is 10.7. The Morgan fingerprint density at radius 1 is 1.24 bits per heavy atom. The molecule has 1 aliphatic heterocycles. The first-order chi connectivity index (χ1) is 8.19. The highest BCUT2D eigenvalue weighted by atomic mass is 16.2. The summed E-state index contributed by atoms with van der Waals surface area (Å²) in [5.41, 5.74) is 0. The molecule has 1 rings (SSSR count). The van der Waals surface area contributed by atoms with E-state index in [0.29, 0.717) is 13.1 Å². The van der Waals surface area contributed by atoms with E-state index in [2.05, 4.69) is 10.6 Å². The molecule has 17 heavy (non-hydrogen) atoms. The van der Waals surface area contributed by atoms with Crippen LogP contribution in [0.4, 0.5) is 4.79 Å². The van der Waals surface area contributed by atoms with Crippen LogP contribution < -0.4 is 10.6 Å². The smallest absolute Gasteiger partial charge is 0.317 e. The third-order valence-electron chi connectivity index (χ3n) is 2.91. The first kappa shape index (κ1) is 13.8. The molecule has 0 aromatic heterocycles. The molecule has 0 aromatic carbocycles. The molecule has 1 saturated heterocycles. The number of piperazine rings is 1. The predicted molar refractivity (Wildman–Crippen MR) is 65.8 cm³/mol. The molecule has 0 spiro atoms. The van der Waals surface area contributed by atoms with Gasteiger partial charge in [0.25, 0.3) is 0 Å². The number of hydrogen-bond acceptors (Lipinski definition) is 3. The van der Waals surface area contributed by atoms with Crippen LogP contribution >= 0.6 is 0 Å². The number of urea groups is 1. The van der Waals surface area contributed by atoms with E-state index in [-0.39, 0.29) is 18.5 Å². The van der Waals surface area contributed by atoms with Crippen molar-refractivity contribution in [2.24, 2.45) is 0 Å². The van der Waals surface area contributed by atoms with Crippen LogP contribution in [0.15, 0.2) is 0 Å². The first-order valence-electron chi connectivity index (χ1n) is 6.20. The van der Waals surface area contributed by atoms with Crippen LogP contribution in [0, 0.1) is 0 Å². The highest BCUT2D eigenvalue weighted by Crippen LogP contribution is 1.93. The van der Waals surface area contributed by atoms with Gasteiger partial charge < -0.3 is 20.4 Å². The normalized spacial score (nSPS) is 15.5. The van der Waals surface area contributed by atoms with Gasteiger partial charge in [-0.15, -0.1) is 0 Å². The maximum absolute atomic E-state index is 11.8. The highest BCUT2D eigenvalue weighted by Gasteiger charge is 2.17. The molecule has 1 heterocycles. The molecule has 0 aromatic rings. The summed E-state index contributed by atoms with van der Waals surface area (Å²) in [4.78, 5) is 26.8. The molecule has 0 saturated carbocycles. The Labute approximate surface area is 102 Å². The lowest BCUT2D eigenvalue weighted by molar-refractivity contribution is -0.130. The summed E-state index contributed by atoms with van der Waals surface area (Å²) < 4.78 is 0. The Kier molecular flexibility index (Phi) is 5.76. The summed E-state index contributed by atoms with van der Waals surface area (Å²) in [6.45, 7) is 8.34. The van der Waals surface area contributed by atoms with Gasteiger partial charge in [-0.05, 0) is 13.8 Å². The molecule has 0 atom stereocenters. The van der Waals surface area contributed by atoms with Crippen LogP contribution in [-0.2, 0) is 4.79 Å². The van der Waals surface area contributed by atoms with Gasteiger partial charge in [0.15, 0.2) is 0 Å². The van der Waals surface area contributed by atoms with Gasteiger partial charge in [0.1, 0.15) is 0 Å². The summed E-state index contributed by atoms with van der Waals surface area (Å²) in [6.07, 6.45) is 0. The predicted octanol–water partition coefficient (Wildman–Crippen LogP) is -0.530. The second kappa shape index (κ2) is 7.11. The van der Waals surface area contributed by atoms with E-state index in [1.807, 2.05) is 13.8 Å². The van der Waals surface area contributed by atoms with Crippen molar-refractivity contribution in [3.63, 3.8) is 0 Å². The van der Waals surface area contributed by atoms with Gasteiger partial charge in [-0.2, -0.15) is 0 Å². The quantitative estimate of drug-likeness (QED) is 0.696. The molecule has 6 nitrogen and oxygen atoms in total. The highest BCUT2D eigenvalue weighted by molar-refractivity contribution is 5.84. The fraction of sp³-hybridized carbons (Fsp3) is 0.818. The van der Waals surface area contributed by atoms with E-state index in [0.717, 1.165) is 26.2 Å². The average molecular weight is 242 g/mol. The second-order valence-corrected chi connectivity index (χ2v) is 3.96. The third-order valence-corrected chi connectivity index (χ3v) is 2.91. The summed E-state index contributed by atoms with van der Waals surface area (Å²) >= 11 is 0. The molecule has 3 amide bonds. The molecular formula is C11H22N4O2. The lowest BCUT2D eigenvalue weighted by Crippen LogP contribution is -2.51. The van der Waals surface area contributed by atoms with Crippen LogP contribution in [0.1, 0.15) is 13.8 Å². The number of carbonyl (C=O) groups excluding carboxylic acids is 2. The zero-order chi connectivity index (χ0) is 12.7. The largest absolute Gasteiger partial charge is 0.339 e. The van der Waals surface area contributed by atoms with Crippen LogP contribution in [0.2, 0.25) is 0 Å². The Bertz CT molecular complexity index is 260. The van der Waals surface area contributed by atoms with E-state index in [1.54, 1.807) is 9.80 Å². The van der Waals surface area contributed by atoms with E-state index >= 15 is 0 Å². The molecule has 1 aliphatic rings. The number of hydrogen-bond donors (Lipinski definition) is 2. The summed E-state index contributed by atoms with van der Waals surface area (Å²) in [6, 6.07) is -0.168. The van der Waals surface area contributed by atoms with Crippen molar-refractivity contribution >= 4 is 11.9 Å².